The van der Waals surface area contributed by atoms with E-state index in [0.717, 1.165) is 0 Å². The second kappa shape index (κ2) is 4.12. The normalized spacial score (nSPS) is 14.5. The van der Waals surface area contributed by atoms with Gasteiger partial charge in [0, 0.05) is 20.0 Å². The number of amides is 1. The summed E-state index contributed by atoms with van der Waals surface area (Å²) in [6, 6.07) is 0. The summed E-state index contributed by atoms with van der Waals surface area (Å²) in [5.74, 6) is 0.750. The molecule has 2 heteroatoms. The quantitative estimate of drug-likeness (QED) is 0.647. The van der Waals surface area contributed by atoms with Crippen LogP contribution in [0, 0.1) is 17.3 Å². The van der Waals surface area contributed by atoms with E-state index < -0.39 is 0 Å². The highest BCUT2D eigenvalue weighted by atomic mass is 16.2. The number of carbonyl (C=O) groups excluding carboxylic acids is 1. The molecule has 2 nitrogen and oxygen atoms in total. The molecule has 0 aliphatic heterocycles. The summed E-state index contributed by atoms with van der Waals surface area (Å²) in [5, 5.41) is 0. The second-order valence-corrected chi connectivity index (χ2v) is 5.32. The predicted molar refractivity (Wildman–Crippen MR) is 56.5 cm³/mol. The summed E-state index contributed by atoms with van der Waals surface area (Å²) in [5.41, 5.74) is 0.0511. The van der Waals surface area contributed by atoms with Crippen LogP contribution in [0.2, 0.25) is 0 Å². The van der Waals surface area contributed by atoms with Gasteiger partial charge in [0.25, 0.3) is 0 Å². The second-order valence-electron chi connectivity index (χ2n) is 5.32. The third-order valence-electron chi connectivity index (χ3n) is 2.31. The van der Waals surface area contributed by atoms with Gasteiger partial charge in [-0.2, -0.15) is 0 Å². The maximum absolute atomic E-state index is 11.9. The summed E-state index contributed by atoms with van der Waals surface area (Å²) in [6.45, 7) is 10.6. The number of carbonyl (C=O) groups is 1. The first-order valence-corrected chi connectivity index (χ1v) is 4.89. The number of rotatable bonds is 2. The lowest BCUT2D eigenvalue weighted by Crippen LogP contribution is -2.40. The van der Waals surface area contributed by atoms with Gasteiger partial charge in [0.1, 0.15) is 0 Å². The predicted octanol–water partition coefficient (Wildman–Crippen LogP) is 2.39. The molecule has 0 fully saturated rings. The summed E-state index contributed by atoms with van der Waals surface area (Å²) in [6.07, 6.45) is 0. The number of hydrogen-bond acceptors (Lipinski definition) is 1. The van der Waals surface area contributed by atoms with Gasteiger partial charge in [-0.05, 0) is 11.3 Å². The third-order valence-corrected chi connectivity index (χ3v) is 2.31. The van der Waals surface area contributed by atoms with Crippen LogP contribution in [0.25, 0.3) is 0 Å². The SMILES string of the molecule is CC(C)C(C(=O)N(C)C)C(C)(C)C. The Morgan fingerprint density at radius 1 is 1.15 bits per heavy atom. The molecular weight excluding hydrogens is 162 g/mol. The maximum atomic E-state index is 11.9. The van der Waals surface area contributed by atoms with Crippen molar-refractivity contribution in [1.82, 2.24) is 4.90 Å². The van der Waals surface area contributed by atoms with Gasteiger partial charge in [-0.1, -0.05) is 34.6 Å². The third kappa shape index (κ3) is 3.37. The zero-order valence-corrected chi connectivity index (χ0v) is 10.0. The topological polar surface area (TPSA) is 20.3 Å². The van der Waals surface area contributed by atoms with Gasteiger partial charge in [0.2, 0.25) is 5.91 Å². The average Bonchev–Trinajstić information content (AvgIpc) is 1.82. The molecule has 0 N–H and O–H groups in total. The van der Waals surface area contributed by atoms with Gasteiger partial charge < -0.3 is 4.90 Å². The fourth-order valence-corrected chi connectivity index (χ4v) is 1.93. The van der Waals surface area contributed by atoms with Crippen LogP contribution in [-0.4, -0.2) is 24.9 Å². The fourth-order valence-electron chi connectivity index (χ4n) is 1.93. The zero-order valence-electron chi connectivity index (χ0n) is 10.0. The lowest BCUT2D eigenvalue weighted by atomic mass is 9.73. The van der Waals surface area contributed by atoms with E-state index in [1.165, 1.54) is 0 Å². The monoisotopic (exact) mass is 185 g/mol. The van der Waals surface area contributed by atoms with Crippen molar-refractivity contribution in [3.05, 3.63) is 0 Å². The molecule has 1 amide bonds. The minimum atomic E-state index is 0.0511. The minimum Gasteiger partial charge on any atom is -0.349 e. The Balaban J connectivity index is 4.73. The van der Waals surface area contributed by atoms with Crippen molar-refractivity contribution in [3.63, 3.8) is 0 Å². The molecule has 0 aromatic heterocycles. The van der Waals surface area contributed by atoms with Crippen molar-refractivity contribution < 1.29 is 4.79 Å². The Kier molecular flexibility index (Phi) is 3.95. The van der Waals surface area contributed by atoms with Crippen LogP contribution in [0.15, 0.2) is 0 Å². The van der Waals surface area contributed by atoms with Crippen LogP contribution < -0.4 is 0 Å². The van der Waals surface area contributed by atoms with E-state index in [9.17, 15) is 4.79 Å². The molecule has 0 rings (SSSR count). The summed E-state index contributed by atoms with van der Waals surface area (Å²) in [4.78, 5) is 13.5. The molecule has 78 valence electrons. The highest BCUT2D eigenvalue weighted by Gasteiger charge is 2.34. The van der Waals surface area contributed by atoms with Crippen LogP contribution in [0.3, 0.4) is 0 Å². The van der Waals surface area contributed by atoms with E-state index in [1.807, 2.05) is 14.1 Å². The first-order chi connectivity index (χ1) is 5.68. The number of hydrogen-bond donors (Lipinski definition) is 0. The molecule has 0 saturated carbocycles. The van der Waals surface area contributed by atoms with E-state index in [1.54, 1.807) is 4.90 Å². The molecule has 0 radical (unpaired) electrons. The maximum Gasteiger partial charge on any atom is 0.225 e. The first-order valence-electron chi connectivity index (χ1n) is 4.89. The Morgan fingerprint density at radius 3 is 1.62 bits per heavy atom. The van der Waals surface area contributed by atoms with Crippen molar-refractivity contribution in [2.24, 2.45) is 17.3 Å². The van der Waals surface area contributed by atoms with Crippen molar-refractivity contribution in [1.29, 1.82) is 0 Å². The molecule has 1 atom stereocenters. The Labute approximate surface area is 82.3 Å². The number of nitrogens with zero attached hydrogens (tertiary/aromatic N) is 1. The van der Waals surface area contributed by atoms with Gasteiger partial charge in [-0.25, -0.2) is 0 Å². The highest BCUT2D eigenvalue weighted by molar-refractivity contribution is 5.79. The Bertz CT molecular complexity index is 177. The van der Waals surface area contributed by atoms with Gasteiger partial charge in [0.05, 0.1) is 0 Å². The molecule has 0 aliphatic carbocycles. The van der Waals surface area contributed by atoms with Crippen LogP contribution in [-0.2, 0) is 4.79 Å². The molecule has 0 saturated heterocycles. The molecule has 13 heavy (non-hydrogen) atoms. The van der Waals surface area contributed by atoms with E-state index in [2.05, 4.69) is 34.6 Å². The molecule has 0 aromatic rings. The van der Waals surface area contributed by atoms with E-state index in [-0.39, 0.29) is 17.2 Å². The van der Waals surface area contributed by atoms with Crippen LogP contribution >= 0.6 is 0 Å². The minimum absolute atomic E-state index is 0.0511. The lowest BCUT2D eigenvalue weighted by Gasteiger charge is -2.34. The smallest absolute Gasteiger partial charge is 0.225 e. The molecule has 0 aliphatic rings. The molecular formula is C11H23NO. The van der Waals surface area contributed by atoms with Crippen LogP contribution in [0.5, 0.6) is 0 Å². The average molecular weight is 185 g/mol. The van der Waals surface area contributed by atoms with Crippen molar-refractivity contribution >= 4 is 5.91 Å². The Hall–Kier alpha value is -0.530. The van der Waals surface area contributed by atoms with Gasteiger partial charge >= 0.3 is 0 Å². The molecule has 0 heterocycles. The van der Waals surface area contributed by atoms with E-state index in [0.29, 0.717) is 5.92 Å². The fraction of sp³-hybridized carbons (Fsp3) is 0.909. The van der Waals surface area contributed by atoms with Gasteiger partial charge in [-0.3, -0.25) is 4.79 Å². The summed E-state index contributed by atoms with van der Waals surface area (Å²) < 4.78 is 0. The molecule has 0 spiro atoms. The molecule has 1 unspecified atom stereocenters. The van der Waals surface area contributed by atoms with Crippen molar-refractivity contribution in [2.75, 3.05) is 14.1 Å². The van der Waals surface area contributed by atoms with Crippen molar-refractivity contribution in [3.8, 4) is 0 Å². The summed E-state index contributed by atoms with van der Waals surface area (Å²) >= 11 is 0. The van der Waals surface area contributed by atoms with Gasteiger partial charge in [-0.15, -0.1) is 0 Å². The van der Waals surface area contributed by atoms with Crippen LogP contribution in [0.4, 0.5) is 0 Å². The lowest BCUT2D eigenvalue weighted by molar-refractivity contribution is -0.138. The Morgan fingerprint density at radius 2 is 1.54 bits per heavy atom. The van der Waals surface area contributed by atoms with E-state index in [4.69, 9.17) is 0 Å². The first kappa shape index (κ1) is 12.5. The molecule has 0 bridgehead atoms. The van der Waals surface area contributed by atoms with Crippen LogP contribution in [0.1, 0.15) is 34.6 Å². The zero-order chi connectivity index (χ0) is 10.8. The molecule has 0 aromatic carbocycles. The van der Waals surface area contributed by atoms with Gasteiger partial charge in [0.15, 0.2) is 0 Å². The highest BCUT2D eigenvalue weighted by Crippen LogP contribution is 2.32. The largest absolute Gasteiger partial charge is 0.349 e. The van der Waals surface area contributed by atoms with E-state index >= 15 is 0 Å². The standard InChI is InChI=1S/C11H23NO/c1-8(2)9(11(3,4)5)10(13)12(6)7/h8-9H,1-7H3. The summed E-state index contributed by atoms with van der Waals surface area (Å²) in [7, 11) is 3.65. The van der Waals surface area contributed by atoms with Crippen molar-refractivity contribution in [2.45, 2.75) is 34.6 Å².